The van der Waals surface area contributed by atoms with Crippen LogP contribution in [-0.4, -0.2) is 86.5 Å². The molecule has 0 radical (unpaired) electrons. The fraction of sp³-hybridized carbons (Fsp3) is 0.552. The maximum Gasteiger partial charge on any atom is 0.417 e. The number of fused-ring (bicyclic) bond motifs is 3. The van der Waals surface area contributed by atoms with Crippen LogP contribution in [0.25, 0.3) is 0 Å². The molecular weight excluding hydrogens is 559 g/mol. The maximum absolute atomic E-state index is 14.9. The van der Waals surface area contributed by atoms with Crippen molar-refractivity contribution in [2.24, 2.45) is 17.6 Å². The molecule has 1 fully saturated rings. The molecule has 0 spiro atoms. The van der Waals surface area contributed by atoms with Crippen LogP contribution in [-0.2, 0) is 22.2 Å². The van der Waals surface area contributed by atoms with Crippen molar-refractivity contribution in [3.05, 3.63) is 51.0 Å². The number of alkyl halides is 3. The number of halogens is 3. The highest BCUT2D eigenvalue weighted by atomic mass is 19.4. The number of carbonyl (C=O) groups is 3. The Balaban J connectivity index is 1.74. The maximum atomic E-state index is 14.9. The fourth-order valence-electron chi connectivity index (χ4n) is 7.67. The largest absolute Gasteiger partial charge is 0.510 e. The second kappa shape index (κ2) is 10.1. The van der Waals surface area contributed by atoms with Crippen molar-refractivity contribution in [1.29, 1.82) is 0 Å². The molecule has 5 rings (SSSR count). The Morgan fingerprint density at radius 3 is 2.43 bits per heavy atom. The summed E-state index contributed by atoms with van der Waals surface area (Å²) in [5.74, 6) is -8.91. The quantitative estimate of drug-likeness (QED) is 0.330. The van der Waals surface area contributed by atoms with E-state index in [0.29, 0.717) is 25.9 Å². The molecule has 4 aliphatic rings. The summed E-state index contributed by atoms with van der Waals surface area (Å²) in [6, 6.07) is -0.898. The molecule has 0 saturated carbocycles. The third-order valence-corrected chi connectivity index (χ3v) is 9.42. The van der Waals surface area contributed by atoms with Gasteiger partial charge in [-0.05, 0) is 76.0 Å². The SMILES string of the molecule is CCN1CCCCC1c1cc(O)c2c(c1C(F)(F)F)C[C@H]1C[C@H]3[C@H](N(C)C)C(O)=C(C(N)=O)C(=O)[C@@]3(O)C(O)=C1C2=O. The van der Waals surface area contributed by atoms with Gasteiger partial charge in [0.2, 0.25) is 5.78 Å². The van der Waals surface area contributed by atoms with Crippen LogP contribution in [0.5, 0.6) is 5.75 Å². The lowest BCUT2D eigenvalue weighted by atomic mass is 9.58. The molecule has 228 valence electrons. The Hall–Kier alpha value is -3.42. The summed E-state index contributed by atoms with van der Waals surface area (Å²) in [4.78, 5) is 42.6. The number of amides is 1. The first-order valence-electron chi connectivity index (χ1n) is 13.9. The summed E-state index contributed by atoms with van der Waals surface area (Å²) >= 11 is 0. The minimum absolute atomic E-state index is 0.122. The van der Waals surface area contributed by atoms with Crippen LogP contribution in [0.4, 0.5) is 13.2 Å². The molecule has 3 aliphatic carbocycles. The Bertz CT molecular complexity index is 1450. The van der Waals surface area contributed by atoms with Gasteiger partial charge in [0.05, 0.1) is 17.2 Å². The van der Waals surface area contributed by atoms with Crippen LogP contribution < -0.4 is 5.73 Å². The molecule has 5 atom stereocenters. The van der Waals surface area contributed by atoms with Gasteiger partial charge in [-0.15, -0.1) is 0 Å². The number of primary amides is 1. The van der Waals surface area contributed by atoms with Gasteiger partial charge in [0, 0.05) is 17.5 Å². The van der Waals surface area contributed by atoms with Gasteiger partial charge in [0.1, 0.15) is 22.8 Å². The van der Waals surface area contributed by atoms with E-state index in [1.807, 2.05) is 11.8 Å². The number of hydrogen-bond acceptors (Lipinski definition) is 9. The van der Waals surface area contributed by atoms with Gasteiger partial charge >= 0.3 is 6.18 Å². The van der Waals surface area contributed by atoms with Crippen molar-refractivity contribution < 1.29 is 48.0 Å². The second-order valence-corrected chi connectivity index (χ2v) is 11.8. The van der Waals surface area contributed by atoms with E-state index in [9.17, 15) is 48.0 Å². The monoisotopic (exact) mass is 593 g/mol. The number of rotatable bonds is 4. The van der Waals surface area contributed by atoms with Crippen molar-refractivity contribution in [2.45, 2.75) is 62.9 Å². The van der Waals surface area contributed by atoms with Crippen LogP contribution in [0.3, 0.4) is 0 Å². The number of allylic oxidation sites excluding steroid dienone is 1. The summed E-state index contributed by atoms with van der Waals surface area (Å²) in [7, 11) is 2.95. The standard InChI is InChI=1S/C29H34F3N3O7/c1-4-35-8-6-5-7-16(35)13-11-17(36)19-14(21(13)29(30,31)32)9-12-10-15-22(34(2)3)24(38)20(27(33)41)26(40)28(15,42)25(39)18(12)23(19)37/h11-12,15-16,22,36,38-39,42H,4-10H2,1-3H3,(H2,33,41)/t12-,15-,16?,22-,28-/m0/s1. The number of Topliss-reactive ketones (excluding diaryl/α,β-unsaturated/α-hetero) is 2. The molecule has 1 amide bonds. The van der Waals surface area contributed by atoms with E-state index in [1.165, 1.54) is 19.0 Å². The van der Waals surface area contributed by atoms with Gasteiger partial charge in [-0.1, -0.05) is 13.3 Å². The topological polar surface area (TPSA) is 165 Å². The highest BCUT2D eigenvalue weighted by molar-refractivity contribution is 6.24. The molecule has 1 aromatic carbocycles. The first kappa shape index (κ1) is 30.1. The first-order valence-corrected chi connectivity index (χ1v) is 13.9. The number of likely N-dealkylation sites (tertiary alicyclic amines) is 1. The highest BCUT2D eigenvalue weighted by Gasteiger charge is 2.63. The summed E-state index contributed by atoms with van der Waals surface area (Å²) in [5, 5.41) is 44.9. The molecule has 10 nitrogen and oxygen atoms in total. The van der Waals surface area contributed by atoms with E-state index < -0.39 is 105 Å². The van der Waals surface area contributed by atoms with E-state index in [-0.39, 0.29) is 12.0 Å². The molecule has 1 saturated heterocycles. The molecule has 1 unspecified atom stereocenters. The second-order valence-electron chi connectivity index (χ2n) is 11.8. The van der Waals surface area contributed by atoms with Crippen molar-refractivity contribution >= 4 is 17.5 Å². The van der Waals surface area contributed by atoms with Crippen LogP contribution in [0.1, 0.15) is 65.7 Å². The predicted octanol–water partition coefficient (Wildman–Crippen LogP) is 2.69. The van der Waals surface area contributed by atoms with E-state index in [0.717, 1.165) is 12.5 Å². The molecule has 6 N–H and O–H groups in total. The number of ketones is 2. The van der Waals surface area contributed by atoms with Crippen molar-refractivity contribution in [2.75, 3.05) is 27.2 Å². The van der Waals surface area contributed by atoms with E-state index >= 15 is 0 Å². The van der Waals surface area contributed by atoms with Crippen LogP contribution in [0, 0.1) is 11.8 Å². The third kappa shape index (κ3) is 4.15. The number of piperidine rings is 1. The van der Waals surface area contributed by atoms with Gasteiger partial charge in [0.25, 0.3) is 5.91 Å². The molecule has 0 aromatic heterocycles. The summed E-state index contributed by atoms with van der Waals surface area (Å²) in [5.41, 5.74) is -1.18. The van der Waals surface area contributed by atoms with Gasteiger partial charge in [-0.3, -0.25) is 24.2 Å². The Morgan fingerprint density at radius 2 is 1.86 bits per heavy atom. The zero-order valence-corrected chi connectivity index (χ0v) is 23.5. The average molecular weight is 594 g/mol. The number of carbonyl (C=O) groups excluding carboxylic acids is 3. The van der Waals surface area contributed by atoms with Gasteiger partial charge in [0.15, 0.2) is 11.4 Å². The number of nitrogens with two attached hydrogens (primary N) is 1. The van der Waals surface area contributed by atoms with E-state index in [4.69, 9.17) is 5.73 Å². The average Bonchev–Trinajstić information content (AvgIpc) is 2.89. The van der Waals surface area contributed by atoms with Gasteiger partial charge in [-0.25, -0.2) is 0 Å². The number of likely N-dealkylation sites (N-methyl/N-ethyl adjacent to an activating group) is 1. The number of aliphatic hydroxyl groups is 3. The molecular formula is C29H34F3N3O7. The van der Waals surface area contributed by atoms with Gasteiger partial charge < -0.3 is 26.2 Å². The lowest BCUT2D eigenvalue weighted by Gasteiger charge is -2.50. The number of phenols is 1. The van der Waals surface area contributed by atoms with Crippen molar-refractivity contribution in [3.8, 4) is 5.75 Å². The molecule has 0 bridgehead atoms. The van der Waals surface area contributed by atoms with Crippen molar-refractivity contribution in [3.63, 3.8) is 0 Å². The molecule has 1 aromatic rings. The fourth-order valence-corrected chi connectivity index (χ4v) is 7.67. The van der Waals surface area contributed by atoms with Crippen LogP contribution in [0.2, 0.25) is 0 Å². The summed E-state index contributed by atoms with van der Waals surface area (Å²) < 4.78 is 44.6. The zero-order chi connectivity index (χ0) is 31.0. The Labute approximate surface area is 239 Å². The highest BCUT2D eigenvalue weighted by Crippen LogP contribution is 2.54. The third-order valence-electron chi connectivity index (χ3n) is 9.42. The smallest absolute Gasteiger partial charge is 0.417 e. The van der Waals surface area contributed by atoms with E-state index in [1.54, 1.807) is 0 Å². The normalized spacial score (nSPS) is 30.4. The van der Waals surface area contributed by atoms with Crippen LogP contribution in [0.15, 0.2) is 28.7 Å². The Kier molecular flexibility index (Phi) is 7.22. The van der Waals surface area contributed by atoms with Gasteiger partial charge in [-0.2, -0.15) is 13.2 Å². The minimum Gasteiger partial charge on any atom is -0.510 e. The van der Waals surface area contributed by atoms with E-state index in [2.05, 4.69) is 0 Å². The number of phenolic OH excluding ortho intramolecular Hbond substituents is 1. The number of aromatic hydroxyl groups is 1. The lowest BCUT2D eigenvalue weighted by Crippen LogP contribution is -2.63. The number of benzene rings is 1. The molecule has 1 aliphatic heterocycles. The molecule has 1 heterocycles. The predicted molar refractivity (Wildman–Crippen MR) is 143 cm³/mol. The molecule has 42 heavy (non-hydrogen) atoms. The number of hydrogen-bond donors (Lipinski definition) is 5. The van der Waals surface area contributed by atoms with Crippen LogP contribution >= 0.6 is 0 Å². The Morgan fingerprint density at radius 1 is 1.19 bits per heavy atom. The van der Waals surface area contributed by atoms with Crippen molar-refractivity contribution in [1.82, 2.24) is 9.80 Å². The number of nitrogens with zero attached hydrogens (tertiary/aromatic N) is 2. The first-order chi connectivity index (χ1) is 19.6. The summed E-state index contributed by atoms with van der Waals surface area (Å²) in [6.07, 6.45) is -3.64. The lowest BCUT2D eigenvalue weighted by molar-refractivity contribution is -0.148. The minimum atomic E-state index is -4.88. The zero-order valence-electron chi connectivity index (χ0n) is 23.5. The number of aliphatic hydroxyl groups excluding tert-OH is 2. The molecule has 13 heteroatoms. The summed E-state index contributed by atoms with van der Waals surface area (Å²) in [6.45, 7) is 2.92.